The Morgan fingerprint density at radius 3 is 2.72 bits per heavy atom. The second-order valence-electron chi connectivity index (χ2n) is 10.1. The molecule has 36 heavy (non-hydrogen) atoms. The molecule has 4 rings (SSSR count). The molecule has 0 aromatic heterocycles. The van der Waals surface area contributed by atoms with Crippen LogP contribution in [0.3, 0.4) is 0 Å². The van der Waals surface area contributed by atoms with Gasteiger partial charge in [0.1, 0.15) is 18.1 Å². The molecule has 2 aliphatic heterocycles. The van der Waals surface area contributed by atoms with Gasteiger partial charge in [0.25, 0.3) is 0 Å². The van der Waals surface area contributed by atoms with Gasteiger partial charge in [0, 0.05) is 49.8 Å². The number of carbonyl (C=O) groups is 2. The molecule has 0 radical (unpaired) electrons. The summed E-state index contributed by atoms with van der Waals surface area (Å²) >= 11 is 0. The number of nitrogens with one attached hydrogen (secondary N) is 1. The van der Waals surface area contributed by atoms with Crippen molar-refractivity contribution < 1.29 is 19.4 Å². The van der Waals surface area contributed by atoms with Crippen molar-refractivity contribution >= 4 is 11.8 Å². The fourth-order valence-electron chi connectivity index (χ4n) is 5.08. The van der Waals surface area contributed by atoms with E-state index in [0.29, 0.717) is 39.2 Å². The number of ether oxygens (including phenoxy) is 1. The lowest BCUT2D eigenvalue weighted by molar-refractivity contribution is -0.135. The molecule has 2 aromatic carbocycles. The Morgan fingerprint density at radius 2 is 1.92 bits per heavy atom. The van der Waals surface area contributed by atoms with Gasteiger partial charge in [-0.3, -0.25) is 14.5 Å². The summed E-state index contributed by atoms with van der Waals surface area (Å²) in [5, 5.41) is 13.4. The van der Waals surface area contributed by atoms with E-state index in [1.165, 1.54) is 0 Å². The molecule has 2 aromatic rings. The summed E-state index contributed by atoms with van der Waals surface area (Å²) in [7, 11) is 0. The zero-order chi connectivity index (χ0) is 25.5. The van der Waals surface area contributed by atoms with Crippen LogP contribution in [-0.2, 0) is 22.7 Å². The van der Waals surface area contributed by atoms with E-state index < -0.39 is 0 Å². The van der Waals surface area contributed by atoms with E-state index in [9.17, 15) is 14.7 Å². The monoisotopic (exact) mass is 491 g/mol. The molecule has 192 valence electrons. The number of carbonyl (C=O) groups excluding carboxylic acids is 2. The molecule has 1 saturated heterocycles. The Bertz CT molecular complexity index is 1080. The minimum atomic E-state index is 0.0603. The van der Waals surface area contributed by atoms with Gasteiger partial charge in [0.15, 0.2) is 0 Å². The van der Waals surface area contributed by atoms with E-state index in [1.54, 1.807) is 12.1 Å². The smallest absolute Gasteiger partial charge is 0.236 e. The van der Waals surface area contributed by atoms with Crippen LogP contribution in [0.5, 0.6) is 11.5 Å². The summed E-state index contributed by atoms with van der Waals surface area (Å²) in [5.41, 5.74) is 1.78. The zero-order valence-corrected chi connectivity index (χ0v) is 21.2. The number of amides is 2. The minimum absolute atomic E-state index is 0.0603. The first-order chi connectivity index (χ1) is 17.4. The van der Waals surface area contributed by atoms with Gasteiger partial charge in [-0.25, -0.2) is 0 Å². The van der Waals surface area contributed by atoms with Crippen molar-refractivity contribution in [1.82, 2.24) is 15.1 Å². The summed E-state index contributed by atoms with van der Waals surface area (Å²) in [5.74, 6) is 1.40. The maximum absolute atomic E-state index is 13.5. The van der Waals surface area contributed by atoms with Crippen molar-refractivity contribution in [2.75, 3.05) is 26.2 Å². The molecule has 2 N–H and O–H groups in total. The summed E-state index contributed by atoms with van der Waals surface area (Å²) in [6.07, 6.45) is 5.37. The van der Waals surface area contributed by atoms with E-state index in [4.69, 9.17) is 4.74 Å². The first-order valence-electron chi connectivity index (χ1n) is 12.8. The van der Waals surface area contributed by atoms with Crippen LogP contribution in [0.25, 0.3) is 0 Å². The lowest BCUT2D eigenvalue weighted by Crippen LogP contribution is -2.48. The molecule has 7 nitrogen and oxygen atoms in total. The number of phenols is 1. The highest BCUT2D eigenvalue weighted by Crippen LogP contribution is 2.29. The van der Waals surface area contributed by atoms with Crippen LogP contribution >= 0.6 is 0 Å². The highest BCUT2D eigenvalue weighted by atomic mass is 16.5. The number of nitrogens with zero attached hydrogens (tertiary/aromatic N) is 2. The van der Waals surface area contributed by atoms with E-state index >= 15 is 0 Å². The third kappa shape index (κ3) is 6.88. The largest absolute Gasteiger partial charge is 0.508 e. The molecule has 1 fully saturated rings. The molecule has 0 unspecified atom stereocenters. The van der Waals surface area contributed by atoms with Crippen LogP contribution in [0, 0.1) is 11.8 Å². The second-order valence-corrected chi connectivity index (χ2v) is 10.1. The van der Waals surface area contributed by atoms with Crippen LogP contribution in [-0.4, -0.2) is 59.0 Å². The molecule has 2 heterocycles. The predicted molar refractivity (Wildman–Crippen MR) is 139 cm³/mol. The van der Waals surface area contributed by atoms with Crippen molar-refractivity contribution in [3.8, 4) is 11.5 Å². The van der Waals surface area contributed by atoms with Crippen LogP contribution in [0.1, 0.15) is 37.8 Å². The Hall–Kier alpha value is -3.32. The van der Waals surface area contributed by atoms with Gasteiger partial charge >= 0.3 is 0 Å². The highest BCUT2D eigenvalue weighted by Gasteiger charge is 2.32. The van der Waals surface area contributed by atoms with Gasteiger partial charge in [0.2, 0.25) is 11.8 Å². The molecule has 2 aliphatic rings. The Balaban J connectivity index is 1.57. The van der Waals surface area contributed by atoms with Gasteiger partial charge in [-0.1, -0.05) is 48.6 Å². The average molecular weight is 492 g/mol. The lowest BCUT2D eigenvalue weighted by Gasteiger charge is -2.38. The summed E-state index contributed by atoms with van der Waals surface area (Å²) in [6, 6.07) is 15.2. The van der Waals surface area contributed by atoms with E-state index in [-0.39, 0.29) is 42.0 Å². The number of fused-ring (bicyclic) bond motifs is 3. The minimum Gasteiger partial charge on any atom is -0.508 e. The van der Waals surface area contributed by atoms with Gasteiger partial charge < -0.3 is 20.1 Å². The number of piperidine rings is 1. The Morgan fingerprint density at radius 1 is 1.14 bits per heavy atom. The molecule has 0 aliphatic carbocycles. The predicted octanol–water partition coefficient (Wildman–Crippen LogP) is 3.72. The number of para-hydroxylation sites is 2. The van der Waals surface area contributed by atoms with Gasteiger partial charge in [-0.15, -0.1) is 0 Å². The molecule has 2 amide bonds. The van der Waals surface area contributed by atoms with Crippen molar-refractivity contribution in [3.05, 3.63) is 71.8 Å². The standard InChI is InChI=1S/C29H37N3O4/c1-21(2)30-28(34)16-22-13-14-32-19-23(22)10-7-15-36-27-12-6-4-9-25(27)18-31(20-29(32)35)17-24-8-3-5-11-26(24)33/h3-12,21-23,33H,13-20H2,1-2H3,(H,30,34)/b10-7-/t22-,23-/m0/s1. The fraction of sp³-hybridized carbons (Fsp3) is 0.448. The Labute approximate surface area is 213 Å². The van der Waals surface area contributed by atoms with Crippen LogP contribution in [0.2, 0.25) is 0 Å². The summed E-state index contributed by atoms with van der Waals surface area (Å²) in [6.45, 7) is 6.79. The van der Waals surface area contributed by atoms with Gasteiger partial charge in [-0.05, 0) is 44.2 Å². The van der Waals surface area contributed by atoms with Gasteiger partial charge in [0.05, 0.1) is 6.54 Å². The average Bonchev–Trinajstić information content (AvgIpc) is 2.84. The second kappa shape index (κ2) is 12.1. The van der Waals surface area contributed by atoms with E-state index in [1.807, 2.05) is 61.2 Å². The first-order valence-corrected chi connectivity index (χ1v) is 12.8. The molecular formula is C29H37N3O4. The van der Waals surface area contributed by atoms with Crippen LogP contribution < -0.4 is 10.1 Å². The SMILES string of the molecule is CC(C)NC(=O)C[C@@H]1CCN2C[C@@H]1/C=C\COc1ccccc1CN(Cc1ccccc1O)CC2=O. The van der Waals surface area contributed by atoms with Crippen molar-refractivity contribution in [1.29, 1.82) is 0 Å². The number of hydrogen-bond acceptors (Lipinski definition) is 5. The fourth-order valence-corrected chi connectivity index (χ4v) is 5.08. The zero-order valence-electron chi connectivity index (χ0n) is 21.2. The van der Waals surface area contributed by atoms with Crippen LogP contribution in [0.4, 0.5) is 0 Å². The van der Waals surface area contributed by atoms with Crippen molar-refractivity contribution in [2.24, 2.45) is 11.8 Å². The Kier molecular flexibility index (Phi) is 8.65. The van der Waals surface area contributed by atoms with Crippen LogP contribution in [0.15, 0.2) is 60.7 Å². The normalized spacial score (nSPS) is 22.0. The first kappa shape index (κ1) is 25.8. The van der Waals surface area contributed by atoms with Crippen molar-refractivity contribution in [2.45, 2.75) is 45.8 Å². The number of rotatable bonds is 5. The maximum Gasteiger partial charge on any atom is 0.236 e. The number of phenolic OH excluding ortho intramolecular Hbond substituents is 1. The third-order valence-corrected chi connectivity index (χ3v) is 6.89. The number of benzene rings is 2. The summed E-state index contributed by atoms with van der Waals surface area (Å²) in [4.78, 5) is 30.0. The topological polar surface area (TPSA) is 82.1 Å². The molecule has 2 bridgehead atoms. The molecule has 0 spiro atoms. The number of hydrogen-bond donors (Lipinski definition) is 2. The summed E-state index contributed by atoms with van der Waals surface area (Å²) < 4.78 is 6.12. The molecule has 2 atom stereocenters. The maximum atomic E-state index is 13.5. The molecule has 7 heteroatoms. The molecule has 0 saturated carbocycles. The third-order valence-electron chi connectivity index (χ3n) is 6.89. The molecular weight excluding hydrogens is 454 g/mol. The van der Waals surface area contributed by atoms with E-state index in [0.717, 1.165) is 23.3 Å². The lowest BCUT2D eigenvalue weighted by atomic mass is 9.82. The highest BCUT2D eigenvalue weighted by molar-refractivity contribution is 5.79. The number of aromatic hydroxyl groups is 1. The quantitative estimate of drug-likeness (QED) is 0.623. The van der Waals surface area contributed by atoms with Gasteiger partial charge in [-0.2, -0.15) is 0 Å². The van der Waals surface area contributed by atoms with E-state index in [2.05, 4.69) is 16.3 Å². The van der Waals surface area contributed by atoms with Crippen molar-refractivity contribution in [3.63, 3.8) is 0 Å².